The van der Waals surface area contributed by atoms with E-state index in [9.17, 15) is 8.42 Å². The molecular weight excluding hydrogens is 460 g/mol. The van der Waals surface area contributed by atoms with E-state index in [2.05, 4.69) is 22.0 Å². The summed E-state index contributed by atoms with van der Waals surface area (Å²) in [5.41, 5.74) is 5.84. The lowest BCUT2D eigenvalue weighted by atomic mass is 10.0. The first kappa shape index (κ1) is 25.1. The summed E-state index contributed by atoms with van der Waals surface area (Å²) in [4.78, 5) is 12.0. The molecule has 7 nitrogen and oxygen atoms in total. The van der Waals surface area contributed by atoms with Gasteiger partial charge in [0.2, 0.25) is 10.0 Å². The van der Waals surface area contributed by atoms with E-state index in [4.69, 9.17) is 9.72 Å². The zero-order valence-corrected chi connectivity index (χ0v) is 22.2. The lowest BCUT2D eigenvalue weighted by Gasteiger charge is -2.36. The van der Waals surface area contributed by atoms with Crippen LogP contribution >= 0.6 is 0 Å². The lowest BCUT2D eigenvalue weighted by Crippen LogP contribution is -2.49. The van der Waals surface area contributed by atoms with Crippen molar-refractivity contribution in [2.75, 3.05) is 38.2 Å². The molecule has 0 spiro atoms. The van der Waals surface area contributed by atoms with Crippen LogP contribution in [0.4, 0.5) is 5.82 Å². The Hall–Kier alpha value is -2.97. The van der Waals surface area contributed by atoms with Gasteiger partial charge in [0.15, 0.2) is 0 Å². The van der Waals surface area contributed by atoms with Crippen molar-refractivity contribution in [2.45, 2.75) is 45.9 Å². The second-order valence-electron chi connectivity index (χ2n) is 9.30. The standard InChI is InChI=1S/C27H34N4O3S/c1-18-15-19(2)26(20(3)16-18)35(32,33)31-13-11-30(12-14-31)27-25(21(4)28-22(5)29-27)17-23-7-9-24(34-6)10-8-23/h7-10,15-16H,11-14,17H2,1-6H3. The molecule has 4 rings (SSSR count). The number of ether oxygens (including phenoxy) is 1. The van der Waals surface area contributed by atoms with Crippen LogP contribution in [0.1, 0.15) is 39.3 Å². The Labute approximate surface area is 208 Å². The van der Waals surface area contributed by atoms with Crippen LogP contribution in [0, 0.1) is 34.6 Å². The van der Waals surface area contributed by atoms with Crippen LogP contribution in [0.15, 0.2) is 41.3 Å². The van der Waals surface area contributed by atoms with E-state index in [1.807, 2.05) is 58.9 Å². The third-order valence-corrected chi connectivity index (χ3v) is 8.79. The highest BCUT2D eigenvalue weighted by Crippen LogP contribution is 2.29. The normalized spacial score (nSPS) is 14.9. The van der Waals surface area contributed by atoms with E-state index >= 15 is 0 Å². The Balaban J connectivity index is 1.57. The van der Waals surface area contributed by atoms with Gasteiger partial charge in [-0.15, -0.1) is 0 Å². The van der Waals surface area contributed by atoms with Gasteiger partial charge in [-0.1, -0.05) is 29.8 Å². The van der Waals surface area contributed by atoms with Crippen LogP contribution in [-0.4, -0.2) is 56.0 Å². The molecule has 8 heteroatoms. The summed E-state index contributed by atoms with van der Waals surface area (Å²) in [6.07, 6.45) is 0.700. The molecule has 0 amide bonds. The molecule has 0 saturated carbocycles. The minimum absolute atomic E-state index is 0.416. The van der Waals surface area contributed by atoms with Crippen molar-refractivity contribution in [1.82, 2.24) is 14.3 Å². The molecule has 35 heavy (non-hydrogen) atoms. The number of methoxy groups -OCH3 is 1. The van der Waals surface area contributed by atoms with E-state index in [1.165, 1.54) is 0 Å². The summed E-state index contributed by atoms with van der Waals surface area (Å²) in [5, 5.41) is 0. The first-order chi connectivity index (χ1) is 16.6. The molecular formula is C27H34N4O3S. The third-order valence-electron chi connectivity index (χ3n) is 6.58. The fourth-order valence-corrected chi connectivity index (χ4v) is 6.81. The SMILES string of the molecule is COc1ccc(Cc2c(C)nc(C)nc2N2CCN(S(=O)(=O)c3c(C)cc(C)cc3C)CC2)cc1. The van der Waals surface area contributed by atoms with Crippen LogP contribution in [0.25, 0.3) is 0 Å². The van der Waals surface area contributed by atoms with E-state index in [1.54, 1.807) is 11.4 Å². The Morgan fingerprint density at radius 2 is 1.49 bits per heavy atom. The van der Waals surface area contributed by atoms with Crippen molar-refractivity contribution in [3.05, 3.63) is 75.7 Å². The first-order valence-electron chi connectivity index (χ1n) is 11.9. The summed E-state index contributed by atoms with van der Waals surface area (Å²) < 4.78 is 33.9. The van der Waals surface area contributed by atoms with Gasteiger partial charge >= 0.3 is 0 Å². The Morgan fingerprint density at radius 3 is 2.06 bits per heavy atom. The molecule has 0 unspecified atom stereocenters. The number of aryl methyl sites for hydroxylation is 5. The van der Waals surface area contributed by atoms with Gasteiger partial charge < -0.3 is 9.64 Å². The van der Waals surface area contributed by atoms with Crippen LogP contribution in [0.5, 0.6) is 5.75 Å². The van der Waals surface area contributed by atoms with Crippen molar-refractivity contribution in [2.24, 2.45) is 0 Å². The van der Waals surface area contributed by atoms with Crippen molar-refractivity contribution in [3.8, 4) is 5.75 Å². The van der Waals surface area contributed by atoms with Crippen LogP contribution in [0.3, 0.4) is 0 Å². The van der Waals surface area contributed by atoms with E-state index in [-0.39, 0.29) is 0 Å². The van der Waals surface area contributed by atoms with Gasteiger partial charge in [0, 0.05) is 43.9 Å². The van der Waals surface area contributed by atoms with Crippen LogP contribution in [-0.2, 0) is 16.4 Å². The number of aromatic nitrogens is 2. The summed E-state index contributed by atoms with van der Waals surface area (Å²) in [6, 6.07) is 11.9. The molecule has 0 aliphatic carbocycles. The number of anilines is 1. The van der Waals surface area contributed by atoms with Crippen molar-refractivity contribution >= 4 is 15.8 Å². The molecule has 3 aromatic rings. The second kappa shape index (κ2) is 9.95. The number of sulfonamides is 1. The molecule has 2 heterocycles. The largest absolute Gasteiger partial charge is 0.497 e. The van der Waals surface area contributed by atoms with E-state index in [0.29, 0.717) is 37.5 Å². The summed E-state index contributed by atoms with van der Waals surface area (Å²) in [5.74, 6) is 2.43. The number of hydrogen-bond acceptors (Lipinski definition) is 6. The Kier molecular flexibility index (Phi) is 7.15. The molecule has 0 N–H and O–H groups in total. The molecule has 0 bridgehead atoms. The average Bonchev–Trinajstić information content (AvgIpc) is 2.80. The first-order valence-corrected chi connectivity index (χ1v) is 13.3. The highest BCUT2D eigenvalue weighted by atomic mass is 32.2. The molecule has 0 atom stereocenters. The monoisotopic (exact) mass is 494 g/mol. The number of hydrogen-bond donors (Lipinski definition) is 0. The van der Waals surface area contributed by atoms with Gasteiger partial charge in [-0.3, -0.25) is 0 Å². The molecule has 186 valence electrons. The summed E-state index contributed by atoms with van der Waals surface area (Å²) in [7, 11) is -1.91. The van der Waals surface area contributed by atoms with Crippen molar-refractivity contribution in [3.63, 3.8) is 0 Å². The van der Waals surface area contributed by atoms with Gasteiger partial charge in [-0.2, -0.15) is 4.31 Å². The zero-order valence-electron chi connectivity index (χ0n) is 21.4. The van der Waals surface area contributed by atoms with Gasteiger partial charge in [0.25, 0.3) is 0 Å². The fraction of sp³-hybridized carbons (Fsp3) is 0.407. The zero-order chi connectivity index (χ0) is 25.3. The van der Waals surface area contributed by atoms with Gasteiger partial charge in [-0.25, -0.2) is 18.4 Å². The predicted molar refractivity (Wildman–Crippen MR) is 139 cm³/mol. The predicted octanol–water partition coefficient (Wildman–Crippen LogP) is 4.13. The number of nitrogens with zero attached hydrogens (tertiary/aromatic N) is 4. The maximum absolute atomic E-state index is 13.5. The van der Waals surface area contributed by atoms with Gasteiger partial charge in [0.05, 0.1) is 12.0 Å². The van der Waals surface area contributed by atoms with E-state index in [0.717, 1.165) is 50.9 Å². The van der Waals surface area contributed by atoms with E-state index < -0.39 is 10.0 Å². The Bertz CT molecular complexity index is 1310. The average molecular weight is 495 g/mol. The molecule has 1 aliphatic heterocycles. The molecule has 1 aliphatic rings. The van der Waals surface area contributed by atoms with Crippen LogP contribution in [0.2, 0.25) is 0 Å². The minimum Gasteiger partial charge on any atom is -0.497 e. The fourth-order valence-electron chi connectivity index (χ4n) is 4.98. The number of piperazine rings is 1. The molecule has 0 radical (unpaired) electrons. The molecule has 2 aromatic carbocycles. The maximum atomic E-state index is 13.5. The smallest absolute Gasteiger partial charge is 0.243 e. The Morgan fingerprint density at radius 1 is 0.886 bits per heavy atom. The number of benzene rings is 2. The molecule has 1 aromatic heterocycles. The summed E-state index contributed by atoms with van der Waals surface area (Å²) >= 11 is 0. The lowest BCUT2D eigenvalue weighted by molar-refractivity contribution is 0.383. The minimum atomic E-state index is -3.57. The summed E-state index contributed by atoms with van der Waals surface area (Å²) in [6.45, 7) is 11.6. The molecule has 1 fully saturated rings. The highest BCUT2D eigenvalue weighted by molar-refractivity contribution is 7.89. The van der Waals surface area contributed by atoms with Gasteiger partial charge in [0.1, 0.15) is 17.4 Å². The van der Waals surface area contributed by atoms with Crippen molar-refractivity contribution < 1.29 is 13.2 Å². The van der Waals surface area contributed by atoms with Gasteiger partial charge in [-0.05, 0) is 63.4 Å². The maximum Gasteiger partial charge on any atom is 0.243 e. The number of rotatable bonds is 6. The van der Waals surface area contributed by atoms with Crippen LogP contribution < -0.4 is 9.64 Å². The quantitative estimate of drug-likeness (QED) is 0.513. The second-order valence-corrected chi connectivity index (χ2v) is 11.2. The third kappa shape index (κ3) is 5.18. The topological polar surface area (TPSA) is 75.6 Å². The highest BCUT2D eigenvalue weighted by Gasteiger charge is 2.32. The van der Waals surface area contributed by atoms with Crippen molar-refractivity contribution in [1.29, 1.82) is 0 Å². The molecule has 1 saturated heterocycles.